The second-order valence-electron chi connectivity index (χ2n) is 7.14. The zero-order valence-corrected chi connectivity index (χ0v) is 14.0. The van der Waals surface area contributed by atoms with Crippen molar-refractivity contribution < 1.29 is 18.4 Å². The van der Waals surface area contributed by atoms with Crippen LogP contribution in [0, 0.1) is 12.3 Å². The Morgan fingerprint density at radius 3 is 2.58 bits per heavy atom. The van der Waals surface area contributed by atoms with Crippen LogP contribution in [-0.2, 0) is 16.0 Å². The average Bonchev–Trinajstić information content (AvgIpc) is 2.76. The van der Waals surface area contributed by atoms with Crippen LogP contribution in [0.2, 0.25) is 0 Å². The number of nitrogens with zero attached hydrogens (tertiary/aromatic N) is 2. The molecular formula is C18H22F2N2O2. The Bertz CT molecular complexity index is 677. The van der Waals surface area contributed by atoms with Gasteiger partial charge in [0.25, 0.3) is 5.92 Å². The molecule has 0 bridgehead atoms. The molecule has 2 amide bonds. The fraction of sp³-hybridized carbons (Fsp3) is 0.556. The van der Waals surface area contributed by atoms with Crippen LogP contribution in [0.25, 0.3) is 0 Å². The van der Waals surface area contributed by atoms with Gasteiger partial charge in [0.2, 0.25) is 11.8 Å². The molecule has 1 aromatic rings. The lowest BCUT2D eigenvalue weighted by Gasteiger charge is -2.42. The predicted octanol–water partition coefficient (Wildman–Crippen LogP) is 2.25. The third kappa shape index (κ3) is 3.01. The van der Waals surface area contributed by atoms with Crippen LogP contribution in [-0.4, -0.2) is 54.2 Å². The van der Waals surface area contributed by atoms with Gasteiger partial charge in [-0.25, -0.2) is 8.78 Å². The van der Waals surface area contributed by atoms with E-state index in [1.807, 2.05) is 31.2 Å². The van der Waals surface area contributed by atoms with Crippen molar-refractivity contribution in [1.82, 2.24) is 9.80 Å². The number of rotatable bonds is 2. The van der Waals surface area contributed by atoms with Crippen LogP contribution in [0.1, 0.15) is 24.0 Å². The minimum atomic E-state index is -3.03. The van der Waals surface area contributed by atoms with Crippen LogP contribution in [0.3, 0.4) is 0 Å². The van der Waals surface area contributed by atoms with Crippen molar-refractivity contribution in [2.24, 2.45) is 5.41 Å². The van der Waals surface area contributed by atoms with E-state index < -0.39 is 24.3 Å². The number of carbonyl (C=O) groups is 2. The third-order valence-electron chi connectivity index (χ3n) is 5.19. The van der Waals surface area contributed by atoms with Gasteiger partial charge in [0.15, 0.2) is 0 Å². The van der Waals surface area contributed by atoms with Crippen molar-refractivity contribution >= 4 is 11.8 Å². The summed E-state index contributed by atoms with van der Waals surface area (Å²) in [5.41, 5.74) is 0.666. The molecule has 0 unspecified atom stereocenters. The van der Waals surface area contributed by atoms with Gasteiger partial charge in [-0.1, -0.05) is 24.3 Å². The second kappa shape index (κ2) is 5.83. The van der Waals surface area contributed by atoms with Gasteiger partial charge in [0.1, 0.15) is 0 Å². The average molecular weight is 336 g/mol. The van der Waals surface area contributed by atoms with Gasteiger partial charge in [-0.05, 0) is 24.5 Å². The molecule has 2 fully saturated rings. The minimum absolute atomic E-state index is 0.0862. The zero-order valence-electron chi connectivity index (χ0n) is 14.0. The monoisotopic (exact) mass is 336 g/mol. The highest BCUT2D eigenvalue weighted by Crippen LogP contribution is 2.45. The van der Waals surface area contributed by atoms with E-state index in [1.54, 1.807) is 7.05 Å². The summed E-state index contributed by atoms with van der Waals surface area (Å²) >= 11 is 0. The standard InChI is InChI=1S/C18H22F2N2O2/c1-13-5-3-4-6-14(13)9-15(23)22-11-17(10-18(19,20)12-22)7-8-21(2)16(17)24/h3-6H,7-12H2,1-2H3/t17-/m1/s1. The van der Waals surface area contributed by atoms with Crippen molar-refractivity contribution in [1.29, 1.82) is 0 Å². The molecule has 1 atom stereocenters. The highest BCUT2D eigenvalue weighted by Gasteiger charge is 2.56. The molecule has 0 N–H and O–H groups in total. The van der Waals surface area contributed by atoms with Gasteiger partial charge >= 0.3 is 0 Å². The molecule has 3 rings (SSSR count). The SMILES string of the molecule is Cc1ccccc1CC(=O)N1CC(F)(F)C[C@]2(CCN(C)C2=O)C1. The zero-order chi connectivity index (χ0) is 17.5. The molecule has 130 valence electrons. The van der Waals surface area contributed by atoms with Gasteiger partial charge < -0.3 is 9.80 Å². The van der Waals surface area contributed by atoms with Crippen molar-refractivity contribution in [3.8, 4) is 0 Å². The first-order valence-corrected chi connectivity index (χ1v) is 8.18. The fourth-order valence-electron chi connectivity index (χ4n) is 3.87. The lowest BCUT2D eigenvalue weighted by atomic mass is 9.76. The third-order valence-corrected chi connectivity index (χ3v) is 5.19. The predicted molar refractivity (Wildman–Crippen MR) is 85.7 cm³/mol. The molecule has 1 spiro atoms. The van der Waals surface area contributed by atoms with Gasteiger partial charge in [-0.2, -0.15) is 0 Å². The summed E-state index contributed by atoms with van der Waals surface area (Å²) < 4.78 is 28.5. The molecule has 4 nitrogen and oxygen atoms in total. The molecule has 0 radical (unpaired) electrons. The Balaban J connectivity index is 1.81. The first-order valence-electron chi connectivity index (χ1n) is 8.18. The Morgan fingerprint density at radius 1 is 1.25 bits per heavy atom. The molecular weight excluding hydrogens is 314 g/mol. The van der Waals surface area contributed by atoms with Crippen molar-refractivity contribution in [2.75, 3.05) is 26.7 Å². The number of alkyl halides is 2. The van der Waals surface area contributed by atoms with Crippen LogP contribution >= 0.6 is 0 Å². The van der Waals surface area contributed by atoms with Crippen LogP contribution in [0.5, 0.6) is 0 Å². The minimum Gasteiger partial charge on any atom is -0.345 e. The van der Waals surface area contributed by atoms with E-state index in [1.165, 1.54) is 9.80 Å². The summed E-state index contributed by atoms with van der Waals surface area (Å²) in [5, 5.41) is 0. The maximum Gasteiger partial charge on any atom is 0.266 e. The number of halogens is 2. The maximum atomic E-state index is 14.3. The normalized spacial score (nSPS) is 26.2. The molecule has 0 aromatic heterocycles. The lowest BCUT2D eigenvalue weighted by molar-refractivity contribution is -0.162. The van der Waals surface area contributed by atoms with Crippen LogP contribution < -0.4 is 0 Å². The van der Waals surface area contributed by atoms with Gasteiger partial charge in [0, 0.05) is 26.6 Å². The number of hydrogen-bond acceptors (Lipinski definition) is 2. The second-order valence-corrected chi connectivity index (χ2v) is 7.14. The highest BCUT2D eigenvalue weighted by atomic mass is 19.3. The topological polar surface area (TPSA) is 40.6 Å². The number of likely N-dealkylation sites (tertiary alicyclic amines) is 2. The molecule has 2 saturated heterocycles. The summed E-state index contributed by atoms with van der Waals surface area (Å²) in [6.07, 6.45) is 0.00620. The molecule has 0 saturated carbocycles. The van der Waals surface area contributed by atoms with E-state index in [2.05, 4.69) is 0 Å². The number of benzene rings is 1. The summed E-state index contributed by atoms with van der Waals surface area (Å²) in [6.45, 7) is 1.85. The highest BCUT2D eigenvalue weighted by molar-refractivity contribution is 5.87. The Kier molecular flexibility index (Phi) is 4.10. The first-order chi connectivity index (χ1) is 11.2. The Morgan fingerprint density at radius 2 is 1.96 bits per heavy atom. The van der Waals surface area contributed by atoms with Gasteiger partial charge in [-0.3, -0.25) is 9.59 Å². The van der Waals surface area contributed by atoms with E-state index in [0.29, 0.717) is 13.0 Å². The van der Waals surface area contributed by atoms with Gasteiger partial charge in [0.05, 0.1) is 18.4 Å². The van der Waals surface area contributed by atoms with E-state index in [9.17, 15) is 18.4 Å². The molecule has 24 heavy (non-hydrogen) atoms. The molecule has 2 aliphatic heterocycles. The summed E-state index contributed by atoms with van der Waals surface area (Å²) in [5.74, 6) is -3.64. The molecule has 0 aliphatic carbocycles. The molecule has 2 heterocycles. The van der Waals surface area contributed by atoms with Crippen molar-refractivity contribution in [3.63, 3.8) is 0 Å². The number of carbonyl (C=O) groups excluding carboxylic acids is 2. The summed E-state index contributed by atoms with van der Waals surface area (Å²) in [4.78, 5) is 27.7. The van der Waals surface area contributed by atoms with Crippen molar-refractivity contribution in [2.45, 2.75) is 32.1 Å². The first kappa shape index (κ1) is 16.9. The number of piperidine rings is 1. The van der Waals surface area contributed by atoms with E-state index in [-0.39, 0.29) is 24.8 Å². The largest absolute Gasteiger partial charge is 0.345 e. The van der Waals surface area contributed by atoms with Crippen molar-refractivity contribution in [3.05, 3.63) is 35.4 Å². The van der Waals surface area contributed by atoms with E-state index in [4.69, 9.17) is 0 Å². The molecule has 1 aromatic carbocycles. The maximum absolute atomic E-state index is 14.3. The van der Waals surface area contributed by atoms with Crippen LogP contribution in [0.4, 0.5) is 8.78 Å². The Labute approximate surface area is 140 Å². The fourth-order valence-corrected chi connectivity index (χ4v) is 3.87. The lowest BCUT2D eigenvalue weighted by Crippen LogP contribution is -2.57. The van der Waals surface area contributed by atoms with E-state index in [0.717, 1.165) is 11.1 Å². The summed E-state index contributed by atoms with van der Waals surface area (Å²) in [7, 11) is 1.63. The van der Waals surface area contributed by atoms with Crippen LogP contribution in [0.15, 0.2) is 24.3 Å². The molecule has 2 aliphatic rings. The van der Waals surface area contributed by atoms with E-state index >= 15 is 0 Å². The number of amides is 2. The molecule has 6 heteroatoms. The Hall–Kier alpha value is -1.98. The smallest absolute Gasteiger partial charge is 0.266 e. The summed E-state index contributed by atoms with van der Waals surface area (Å²) in [6, 6.07) is 7.43. The quantitative estimate of drug-likeness (QED) is 0.831. The van der Waals surface area contributed by atoms with Gasteiger partial charge in [-0.15, -0.1) is 0 Å². The number of aryl methyl sites for hydroxylation is 1. The number of hydrogen-bond donors (Lipinski definition) is 0.